The monoisotopic (exact) mass is 362 g/mol. The van der Waals surface area contributed by atoms with E-state index in [1.807, 2.05) is 18.2 Å². The number of aromatic nitrogens is 3. The van der Waals surface area contributed by atoms with Gasteiger partial charge in [0.1, 0.15) is 0 Å². The zero-order valence-corrected chi connectivity index (χ0v) is 16.3. The normalized spacial score (nSPS) is 10.5. The van der Waals surface area contributed by atoms with E-state index in [0.717, 1.165) is 35.6 Å². The van der Waals surface area contributed by atoms with Crippen LogP contribution in [0.2, 0.25) is 0 Å². The van der Waals surface area contributed by atoms with Gasteiger partial charge in [-0.05, 0) is 63.1 Å². The van der Waals surface area contributed by atoms with Crippen LogP contribution in [-0.4, -0.2) is 28.3 Å². The fourth-order valence-electron chi connectivity index (χ4n) is 3.03. The van der Waals surface area contributed by atoms with Crippen molar-refractivity contribution in [2.75, 3.05) is 28.6 Å². The molecular formula is C21H26N6. The molecular weight excluding hydrogens is 336 g/mol. The lowest BCUT2D eigenvalue weighted by molar-refractivity contribution is 0.866. The third-order valence-electron chi connectivity index (χ3n) is 4.55. The summed E-state index contributed by atoms with van der Waals surface area (Å²) in [6.07, 6.45) is 1.63. The molecule has 2 N–H and O–H groups in total. The van der Waals surface area contributed by atoms with E-state index in [1.54, 1.807) is 6.20 Å². The Labute approximate surface area is 160 Å². The van der Waals surface area contributed by atoms with Gasteiger partial charge in [0.2, 0.25) is 5.95 Å². The van der Waals surface area contributed by atoms with Crippen LogP contribution < -0.4 is 15.5 Å². The summed E-state index contributed by atoms with van der Waals surface area (Å²) in [5.41, 5.74) is 5.50. The highest BCUT2D eigenvalue weighted by molar-refractivity contribution is 5.65. The van der Waals surface area contributed by atoms with Crippen LogP contribution in [0.1, 0.15) is 25.0 Å². The SMILES string of the molecule is CCN(CC)c1ccc(Nc2nncc(Nc3c(C)cccc3C)n2)cc1. The number of nitrogens with one attached hydrogen (secondary N) is 2. The van der Waals surface area contributed by atoms with Crippen LogP contribution in [0.25, 0.3) is 0 Å². The maximum Gasteiger partial charge on any atom is 0.249 e. The Bertz CT molecular complexity index is 867. The van der Waals surface area contributed by atoms with Crippen LogP contribution in [-0.2, 0) is 0 Å². The number of aryl methyl sites for hydroxylation is 2. The molecule has 1 heterocycles. The molecule has 0 radical (unpaired) electrons. The van der Waals surface area contributed by atoms with Crippen molar-refractivity contribution in [3.63, 3.8) is 0 Å². The highest BCUT2D eigenvalue weighted by Crippen LogP contribution is 2.24. The molecule has 0 aliphatic carbocycles. The molecule has 140 valence electrons. The largest absolute Gasteiger partial charge is 0.372 e. The number of rotatable bonds is 7. The number of hydrogen-bond acceptors (Lipinski definition) is 6. The van der Waals surface area contributed by atoms with Gasteiger partial charge in [-0.15, -0.1) is 5.10 Å². The molecule has 0 aliphatic heterocycles. The zero-order chi connectivity index (χ0) is 19.2. The van der Waals surface area contributed by atoms with E-state index in [1.165, 1.54) is 5.69 Å². The van der Waals surface area contributed by atoms with Gasteiger partial charge >= 0.3 is 0 Å². The Morgan fingerprint density at radius 1 is 0.889 bits per heavy atom. The third-order valence-corrected chi connectivity index (χ3v) is 4.55. The second-order valence-corrected chi connectivity index (χ2v) is 6.40. The number of nitrogens with zero attached hydrogens (tertiary/aromatic N) is 4. The van der Waals surface area contributed by atoms with Gasteiger partial charge in [0.15, 0.2) is 5.82 Å². The van der Waals surface area contributed by atoms with E-state index in [0.29, 0.717) is 11.8 Å². The molecule has 3 aromatic rings. The van der Waals surface area contributed by atoms with E-state index < -0.39 is 0 Å². The smallest absolute Gasteiger partial charge is 0.249 e. The molecule has 0 unspecified atom stereocenters. The van der Waals surface area contributed by atoms with Crippen LogP contribution in [0, 0.1) is 13.8 Å². The number of benzene rings is 2. The maximum atomic E-state index is 4.53. The molecule has 0 aliphatic rings. The lowest BCUT2D eigenvalue weighted by Crippen LogP contribution is -2.21. The van der Waals surface area contributed by atoms with Crippen LogP contribution in [0.15, 0.2) is 48.7 Å². The van der Waals surface area contributed by atoms with Crippen LogP contribution in [0.5, 0.6) is 0 Å². The van der Waals surface area contributed by atoms with Gasteiger partial charge in [0.05, 0.1) is 6.20 Å². The standard InChI is InChI=1S/C21H26N6/c1-5-27(6-2)18-12-10-17(11-13-18)23-21-25-19(14-22-26-21)24-20-15(3)8-7-9-16(20)4/h7-14H,5-6H2,1-4H3,(H2,23,24,25,26). The summed E-state index contributed by atoms with van der Waals surface area (Å²) in [7, 11) is 0. The second-order valence-electron chi connectivity index (χ2n) is 6.40. The van der Waals surface area contributed by atoms with E-state index in [2.05, 4.69) is 82.7 Å². The molecule has 0 amide bonds. The molecule has 0 fully saturated rings. The highest BCUT2D eigenvalue weighted by Gasteiger charge is 2.07. The lowest BCUT2D eigenvalue weighted by atomic mass is 10.1. The summed E-state index contributed by atoms with van der Waals surface area (Å²) in [5, 5.41) is 14.7. The average Bonchev–Trinajstić information content (AvgIpc) is 2.67. The van der Waals surface area contributed by atoms with Gasteiger partial charge < -0.3 is 15.5 Å². The Kier molecular flexibility index (Phi) is 5.86. The van der Waals surface area contributed by atoms with Crippen LogP contribution in [0.3, 0.4) is 0 Å². The van der Waals surface area contributed by atoms with Gasteiger partial charge in [0, 0.05) is 30.2 Å². The Balaban J connectivity index is 1.74. The zero-order valence-electron chi connectivity index (χ0n) is 16.3. The quantitative estimate of drug-likeness (QED) is 0.628. The molecule has 27 heavy (non-hydrogen) atoms. The summed E-state index contributed by atoms with van der Waals surface area (Å²) in [6.45, 7) is 10.4. The summed E-state index contributed by atoms with van der Waals surface area (Å²) in [6, 6.07) is 14.4. The Morgan fingerprint density at radius 2 is 1.56 bits per heavy atom. The van der Waals surface area contributed by atoms with E-state index >= 15 is 0 Å². The molecule has 0 bridgehead atoms. The minimum Gasteiger partial charge on any atom is -0.372 e. The predicted molar refractivity (Wildman–Crippen MR) is 112 cm³/mol. The molecule has 3 rings (SSSR count). The third kappa shape index (κ3) is 4.53. The predicted octanol–water partition coefficient (Wildman–Crippen LogP) is 4.82. The molecule has 0 atom stereocenters. The van der Waals surface area contributed by atoms with Crippen molar-refractivity contribution in [2.24, 2.45) is 0 Å². The van der Waals surface area contributed by atoms with Crippen molar-refractivity contribution in [1.29, 1.82) is 0 Å². The molecule has 6 nitrogen and oxygen atoms in total. The Morgan fingerprint density at radius 3 is 2.19 bits per heavy atom. The van der Waals surface area contributed by atoms with E-state index in [-0.39, 0.29) is 0 Å². The topological polar surface area (TPSA) is 66.0 Å². The minimum absolute atomic E-state index is 0.460. The maximum absolute atomic E-state index is 4.53. The van der Waals surface area contributed by atoms with E-state index in [4.69, 9.17) is 0 Å². The number of hydrogen-bond donors (Lipinski definition) is 2. The first-order chi connectivity index (χ1) is 13.1. The van der Waals surface area contributed by atoms with Crippen molar-refractivity contribution >= 4 is 28.8 Å². The highest BCUT2D eigenvalue weighted by atomic mass is 15.3. The second kappa shape index (κ2) is 8.49. The molecule has 6 heteroatoms. The number of anilines is 5. The first-order valence-electron chi connectivity index (χ1n) is 9.25. The van der Waals surface area contributed by atoms with Gasteiger partial charge in [-0.25, -0.2) is 0 Å². The summed E-state index contributed by atoms with van der Waals surface area (Å²) >= 11 is 0. The summed E-state index contributed by atoms with van der Waals surface area (Å²) < 4.78 is 0. The van der Waals surface area contributed by atoms with Gasteiger partial charge in [-0.3, -0.25) is 0 Å². The van der Waals surface area contributed by atoms with Crippen LogP contribution >= 0.6 is 0 Å². The molecule has 0 saturated carbocycles. The average molecular weight is 362 g/mol. The van der Waals surface area contributed by atoms with Gasteiger partial charge in [-0.2, -0.15) is 10.1 Å². The summed E-state index contributed by atoms with van der Waals surface area (Å²) in [4.78, 5) is 6.83. The molecule has 0 saturated heterocycles. The van der Waals surface area contributed by atoms with Crippen molar-refractivity contribution in [2.45, 2.75) is 27.7 Å². The minimum atomic E-state index is 0.460. The molecule has 0 spiro atoms. The first kappa shape index (κ1) is 18.6. The summed E-state index contributed by atoms with van der Waals surface area (Å²) in [5.74, 6) is 1.12. The van der Waals surface area contributed by atoms with Crippen molar-refractivity contribution < 1.29 is 0 Å². The van der Waals surface area contributed by atoms with Crippen LogP contribution in [0.4, 0.5) is 28.8 Å². The Hall–Kier alpha value is -3.15. The first-order valence-corrected chi connectivity index (χ1v) is 9.25. The lowest BCUT2D eigenvalue weighted by Gasteiger charge is -2.21. The number of para-hydroxylation sites is 1. The molecule has 1 aromatic heterocycles. The van der Waals surface area contributed by atoms with Crippen molar-refractivity contribution in [3.05, 3.63) is 59.8 Å². The molecule has 2 aromatic carbocycles. The van der Waals surface area contributed by atoms with Crippen molar-refractivity contribution in [3.8, 4) is 0 Å². The van der Waals surface area contributed by atoms with Gasteiger partial charge in [-0.1, -0.05) is 18.2 Å². The van der Waals surface area contributed by atoms with E-state index in [9.17, 15) is 0 Å². The fraction of sp³-hybridized carbons (Fsp3) is 0.286. The van der Waals surface area contributed by atoms with Crippen molar-refractivity contribution in [1.82, 2.24) is 15.2 Å². The van der Waals surface area contributed by atoms with Gasteiger partial charge in [0.25, 0.3) is 0 Å². The fourth-order valence-corrected chi connectivity index (χ4v) is 3.03.